The van der Waals surface area contributed by atoms with E-state index in [1.54, 1.807) is 12.1 Å². The Hall–Kier alpha value is -8.14. The van der Waals surface area contributed by atoms with Gasteiger partial charge in [-0.05, 0) is 59.7 Å². The number of carbonyl (C=O) groups excluding carboxylic acids is 1. The van der Waals surface area contributed by atoms with E-state index in [1.165, 1.54) is 68.8 Å². The van der Waals surface area contributed by atoms with E-state index in [4.69, 9.17) is 37.3 Å². The number of rotatable bonds is 11. The van der Waals surface area contributed by atoms with Gasteiger partial charge in [0, 0.05) is 47.2 Å². The first-order chi connectivity index (χ1) is 33.0. The molecule has 9 rings (SSSR count). The van der Waals surface area contributed by atoms with Crippen molar-refractivity contribution in [3.05, 3.63) is 112 Å². The Kier molecular flexibility index (Phi) is 12.1. The number of benzene rings is 5. The molecular weight excluding hydrogens is 909 g/mol. The second-order valence-corrected chi connectivity index (χ2v) is 16.2. The van der Waals surface area contributed by atoms with E-state index in [1.807, 2.05) is 0 Å². The summed E-state index contributed by atoms with van der Waals surface area (Å²) in [5.41, 5.74) is -0.194. The van der Waals surface area contributed by atoms with Crippen molar-refractivity contribution >= 4 is 34.0 Å². The van der Waals surface area contributed by atoms with Gasteiger partial charge < -0.3 is 88.3 Å². The monoisotopic (exact) mass is 950 g/mol. The predicted octanol–water partition coefficient (Wildman–Crippen LogP) is 4.60. The number of hydrogen-bond donors (Lipinski definition) is 10. The van der Waals surface area contributed by atoms with Crippen molar-refractivity contribution in [1.82, 2.24) is 0 Å². The van der Waals surface area contributed by atoms with Crippen LogP contribution in [0.2, 0.25) is 0 Å². The molecule has 7 aromatic rings. The van der Waals surface area contributed by atoms with Crippen molar-refractivity contribution < 1.29 is 93.1 Å². The second kappa shape index (κ2) is 18.2. The Labute approximate surface area is 388 Å². The highest BCUT2D eigenvalue weighted by atomic mass is 16.7. The van der Waals surface area contributed by atoms with Crippen LogP contribution in [0, 0.1) is 0 Å². The molecule has 0 radical (unpaired) electrons. The molecule has 69 heavy (non-hydrogen) atoms. The molecule has 0 spiro atoms. The zero-order valence-corrected chi connectivity index (χ0v) is 36.2. The van der Waals surface area contributed by atoms with Gasteiger partial charge in [-0.3, -0.25) is 4.79 Å². The highest BCUT2D eigenvalue weighted by molar-refractivity contribution is 6.10. The first-order valence-electron chi connectivity index (χ1n) is 21.0. The van der Waals surface area contributed by atoms with Crippen LogP contribution in [0.4, 0.5) is 0 Å². The minimum Gasteiger partial charge on any atom is -0.508 e. The third kappa shape index (κ3) is 8.58. The van der Waals surface area contributed by atoms with Crippen LogP contribution < -0.4 is 24.4 Å². The van der Waals surface area contributed by atoms with Gasteiger partial charge in [0.25, 0.3) is 0 Å². The van der Waals surface area contributed by atoms with Crippen molar-refractivity contribution in [2.45, 2.75) is 49.3 Å². The van der Waals surface area contributed by atoms with E-state index in [-0.39, 0.29) is 90.9 Å². The lowest BCUT2D eigenvalue weighted by molar-refractivity contribution is -0.278. The summed E-state index contributed by atoms with van der Waals surface area (Å²) in [6.45, 7) is -0.656. The van der Waals surface area contributed by atoms with Gasteiger partial charge in [-0.1, -0.05) is 18.2 Å². The van der Waals surface area contributed by atoms with Gasteiger partial charge in [-0.25, -0.2) is 4.79 Å². The average Bonchev–Trinajstić information content (AvgIpc) is 3.32. The number of aliphatic hydroxyl groups excluding tert-OH is 4. The van der Waals surface area contributed by atoms with Crippen LogP contribution in [0.3, 0.4) is 0 Å². The van der Waals surface area contributed by atoms with Crippen molar-refractivity contribution in [3.8, 4) is 80.1 Å². The summed E-state index contributed by atoms with van der Waals surface area (Å²) in [6.07, 6.45) is -9.52. The van der Waals surface area contributed by atoms with Gasteiger partial charge in [-0.2, -0.15) is 0 Å². The van der Waals surface area contributed by atoms with Gasteiger partial charge in [0.05, 0.1) is 25.7 Å². The van der Waals surface area contributed by atoms with Crippen LogP contribution in [0.25, 0.3) is 50.7 Å². The molecule has 0 amide bonds. The molecule has 20 nitrogen and oxygen atoms in total. The largest absolute Gasteiger partial charge is 0.508 e. The predicted molar refractivity (Wildman–Crippen MR) is 239 cm³/mol. The zero-order chi connectivity index (χ0) is 49.0. The second-order valence-electron chi connectivity index (χ2n) is 16.2. The van der Waals surface area contributed by atoms with E-state index >= 15 is 0 Å². The zero-order valence-electron chi connectivity index (χ0n) is 36.2. The highest BCUT2D eigenvalue weighted by Gasteiger charge is 2.46. The molecule has 0 aliphatic carbocycles. The van der Waals surface area contributed by atoms with Crippen LogP contribution in [-0.2, 0) is 20.7 Å². The fourth-order valence-corrected chi connectivity index (χ4v) is 8.25. The Balaban J connectivity index is 1.20. The van der Waals surface area contributed by atoms with Crippen LogP contribution in [-0.4, -0.2) is 115 Å². The highest BCUT2D eigenvalue weighted by Crippen LogP contribution is 2.53. The molecule has 4 heterocycles. The Bertz CT molecular complexity index is 3180. The maximum Gasteiger partial charge on any atom is 0.330 e. The van der Waals surface area contributed by atoms with E-state index in [9.17, 15) is 60.7 Å². The number of phenolic OH excluding ortho intramolecular Hbond substituents is 6. The van der Waals surface area contributed by atoms with Gasteiger partial charge in [0.2, 0.25) is 12.0 Å². The topological polar surface area (TPSA) is 318 Å². The summed E-state index contributed by atoms with van der Waals surface area (Å²) in [5.74, 6) is -4.45. The molecular formula is C49H42O20. The maximum atomic E-state index is 13.4. The fourth-order valence-electron chi connectivity index (χ4n) is 8.25. The maximum absolute atomic E-state index is 13.4. The molecule has 0 unspecified atom stereocenters. The third-order valence-corrected chi connectivity index (χ3v) is 11.7. The number of hydrogen-bond acceptors (Lipinski definition) is 20. The van der Waals surface area contributed by atoms with Crippen LogP contribution in [0.15, 0.2) is 98.6 Å². The van der Waals surface area contributed by atoms with Gasteiger partial charge in [0.1, 0.15) is 82.6 Å². The Morgan fingerprint density at radius 3 is 2.13 bits per heavy atom. The summed E-state index contributed by atoms with van der Waals surface area (Å²) in [5, 5.41) is 108. The number of ether oxygens (including phenoxy) is 6. The minimum absolute atomic E-state index is 0.0177. The molecule has 0 bridgehead atoms. The Morgan fingerprint density at radius 2 is 1.45 bits per heavy atom. The normalized spacial score (nSPS) is 21.2. The number of carbonyl (C=O) groups is 1. The molecule has 7 atom stereocenters. The molecule has 10 N–H and O–H groups in total. The molecule has 5 aromatic carbocycles. The SMILES string of the molecule is COc1cc(-c2oc3cc(=O)cc4oc(-c5c(O)cc(O)c6c5O[C@H](c5ccc(O)c(O)c5)[C@@H](O)C6)cc(c2O[C@@H]2O[C@H](COC(=O)C=Cc5ccc(O)cc5)[C@@H](O)[C@H](O)[C@H]2O)c43)cc(OC)c1O. The standard InChI is InChI=1S/C49H42O20/c1-62-35-12-22(13-36(63-2)41(35)58)46-48(69-49-44(61)43(60)42(59)37(67-49)19-64-38(57)10-5-20-3-7-23(50)8-4-20)26-17-34(65-32-14-24(51)15-33(66-46)39(26)32)40-30(55)18-28(53)25-16-31(56)45(68-47(25)40)21-6-9-27(52)29(54)11-21/h3-15,17-18,31,37,42-45,49-50,52-56,58-61H,16,19H2,1-2H3/t31-,37+,42+,43-,44+,45+,49-/m0/s1. The van der Waals surface area contributed by atoms with Gasteiger partial charge in [0.15, 0.2) is 39.9 Å². The molecule has 1 saturated heterocycles. The summed E-state index contributed by atoms with van der Waals surface area (Å²) in [7, 11) is 2.55. The number of phenols is 6. The molecule has 2 aliphatic heterocycles. The van der Waals surface area contributed by atoms with E-state index in [2.05, 4.69) is 0 Å². The lowest BCUT2D eigenvalue weighted by Gasteiger charge is -2.40. The smallest absolute Gasteiger partial charge is 0.330 e. The van der Waals surface area contributed by atoms with Gasteiger partial charge in [-0.15, -0.1) is 0 Å². The number of methoxy groups -OCH3 is 2. The quantitative estimate of drug-likeness (QED) is 0.0481. The first-order valence-corrected chi connectivity index (χ1v) is 21.0. The molecule has 358 valence electrons. The van der Waals surface area contributed by atoms with E-state index in [0.29, 0.717) is 5.56 Å². The Morgan fingerprint density at radius 1 is 0.754 bits per heavy atom. The molecule has 20 heteroatoms. The summed E-state index contributed by atoms with van der Waals surface area (Å²) in [6, 6.07) is 16.9. The van der Waals surface area contributed by atoms with Crippen molar-refractivity contribution in [2.75, 3.05) is 20.8 Å². The summed E-state index contributed by atoms with van der Waals surface area (Å²) in [4.78, 5) is 26.1. The molecule has 2 aliphatic rings. The van der Waals surface area contributed by atoms with Crippen LogP contribution >= 0.6 is 0 Å². The molecule has 1 fully saturated rings. The third-order valence-electron chi connectivity index (χ3n) is 11.7. The van der Waals surface area contributed by atoms with Crippen molar-refractivity contribution in [1.29, 1.82) is 0 Å². The van der Waals surface area contributed by atoms with Crippen LogP contribution in [0.1, 0.15) is 22.8 Å². The fraction of sp³-hybridized carbons (Fsp3) is 0.224. The summed E-state index contributed by atoms with van der Waals surface area (Å²) >= 11 is 0. The summed E-state index contributed by atoms with van der Waals surface area (Å²) < 4.78 is 47.6. The number of aliphatic hydroxyl groups is 4. The number of esters is 1. The molecule has 0 saturated carbocycles. The van der Waals surface area contributed by atoms with E-state index in [0.717, 1.165) is 24.3 Å². The van der Waals surface area contributed by atoms with E-state index < -0.39 is 89.7 Å². The van der Waals surface area contributed by atoms with Gasteiger partial charge >= 0.3 is 5.97 Å². The van der Waals surface area contributed by atoms with Crippen molar-refractivity contribution in [2.24, 2.45) is 0 Å². The lowest BCUT2D eigenvalue weighted by Crippen LogP contribution is -2.60. The lowest BCUT2D eigenvalue weighted by atomic mass is 9.91. The minimum atomic E-state index is -2.00. The number of fused-ring (bicyclic) bond motifs is 1. The molecule has 2 aromatic heterocycles. The van der Waals surface area contributed by atoms with Crippen molar-refractivity contribution in [3.63, 3.8) is 0 Å². The average molecular weight is 951 g/mol. The van der Waals surface area contributed by atoms with Crippen LogP contribution in [0.5, 0.6) is 57.5 Å². The number of aromatic hydroxyl groups is 6. The first kappa shape index (κ1) is 46.0.